The summed E-state index contributed by atoms with van der Waals surface area (Å²) in [6.07, 6.45) is 15.3. The summed E-state index contributed by atoms with van der Waals surface area (Å²) in [5.74, 6) is 2.14. The Labute approximate surface area is 156 Å². The van der Waals surface area contributed by atoms with Gasteiger partial charge in [0.1, 0.15) is 5.78 Å². The van der Waals surface area contributed by atoms with Gasteiger partial charge in [-0.05, 0) is 85.5 Å². The summed E-state index contributed by atoms with van der Waals surface area (Å²) in [5, 5.41) is 0. The van der Waals surface area contributed by atoms with Crippen molar-refractivity contribution in [2.24, 2.45) is 33.5 Å². The summed E-state index contributed by atoms with van der Waals surface area (Å²) in [6.45, 7) is 4.86. The van der Waals surface area contributed by atoms with Crippen molar-refractivity contribution in [2.45, 2.75) is 78.1 Å². The van der Waals surface area contributed by atoms with Crippen LogP contribution < -0.4 is 0 Å². The molecule has 138 valence electrons. The summed E-state index contributed by atoms with van der Waals surface area (Å²) >= 11 is 0. The molecule has 0 N–H and O–H groups in total. The molecule has 0 amide bonds. The lowest BCUT2D eigenvalue weighted by atomic mass is 9.44. The van der Waals surface area contributed by atoms with Crippen LogP contribution in [0.1, 0.15) is 78.1 Å². The molecule has 5 atom stereocenters. The number of allylic oxidation sites excluding steroid dienone is 4. The van der Waals surface area contributed by atoms with Crippen LogP contribution in [-0.2, 0) is 9.59 Å². The van der Waals surface area contributed by atoms with Crippen LogP contribution in [0.4, 0.5) is 0 Å². The Balaban J connectivity index is 1.49. The second-order valence-corrected chi connectivity index (χ2v) is 10.9. The maximum atomic E-state index is 13.2. The molecule has 0 aromatic rings. The van der Waals surface area contributed by atoms with Gasteiger partial charge in [-0.2, -0.15) is 0 Å². The van der Waals surface area contributed by atoms with Crippen molar-refractivity contribution in [1.29, 1.82) is 0 Å². The molecule has 4 fully saturated rings. The van der Waals surface area contributed by atoms with Crippen LogP contribution in [0.25, 0.3) is 0 Å². The Hall–Kier alpha value is -1.18. The van der Waals surface area contributed by atoms with Gasteiger partial charge < -0.3 is 0 Å². The molecule has 6 rings (SSSR count). The standard InChI is InChI=1S/C24H30O2/c1-21-7-4-18-16-14-23(11-12-23)19-13-15(25)3-9-22(19,2)17(16)5-10-24(18,21)20(26)6-8-21/h4,13,16-17H,3,5-12,14H2,1-2H3/t16?,17?,21-,22?,24+/m0/s1. The molecule has 0 aromatic heterocycles. The zero-order valence-corrected chi connectivity index (χ0v) is 16.2. The van der Waals surface area contributed by atoms with E-state index in [1.165, 1.54) is 31.3 Å². The molecule has 6 aliphatic carbocycles. The highest BCUT2D eigenvalue weighted by Gasteiger charge is 2.69. The third kappa shape index (κ3) is 1.55. The van der Waals surface area contributed by atoms with E-state index in [2.05, 4.69) is 26.0 Å². The quantitative estimate of drug-likeness (QED) is 0.564. The highest BCUT2D eigenvalue weighted by atomic mass is 16.1. The van der Waals surface area contributed by atoms with Crippen molar-refractivity contribution >= 4 is 11.6 Å². The van der Waals surface area contributed by atoms with Crippen molar-refractivity contribution in [3.05, 3.63) is 23.3 Å². The second-order valence-electron chi connectivity index (χ2n) is 10.9. The van der Waals surface area contributed by atoms with Crippen molar-refractivity contribution < 1.29 is 9.59 Å². The molecule has 0 aliphatic heterocycles. The smallest absolute Gasteiger partial charge is 0.155 e. The van der Waals surface area contributed by atoms with E-state index >= 15 is 0 Å². The number of rotatable bonds is 0. The van der Waals surface area contributed by atoms with Crippen LogP contribution in [0.2, 0.25) is 0 Å². The van der Waals surface area contributed by atoms with Crippen LogP contribution in [-0.4, -0.2) is 11.6 Å². The fraction of sp³-hybridized carbons (Fsp3) is 0.750. The van der Waals surface area contributed by atoms with E-state index in [1.807, 2.05) is 0 Å². The Kier molecular flexibility index (Phi) is 2.71. The van der Waals surface area contributed by atoms with Gasteiger partial charge in [0.05, 0.1) is 5.41 Å². The van der Waals surface area contributed by atoms with Gasteiger partial charge in [-0.25, -0.2) is 0 Å². The van der Waals surface area contributed by atoms with Crippen LogP contribution >= 0.6 is 0 Å². The van der Waals surface area contributed by atoms with Crippen molar-refractivity contribution in [3.63, 3.8) is 0 Å². The van der Waals surface area contributed by atoms with Gasteiger partial charge in [0.25, 0.3) is 0 Å². The number of hydrogen-bond donors (Lipinski definition) is 0. The van der Waals surface area contributed by atoms with E-state index in [9.17, 15) is 9.59 Å². The summed E-state index contributed by atoms with van der Waals surface area (Å²) in [4.78, 5) is 25.4. The van der Waals surface area contributed by atoms with Gasteiger partial charge in [-0.3, -0.25) is 9.59 Å². The van der Waals surface area contributed by atoms with Gasteiger partial charge in [0.2, 0.25) is 0 Å². The molecule has 0 heterocycles. The fourth-order valence-electron chi connectivity index (χ4n) is 8.52. The molecule has 3 unspecified atom stereocenters. The number of carbonyl (C=O) groups excluding carboxylic acids is 2. The van der Waals surface area contributed by atoms with E-state index in [1.54, 1.807) is 5.57 Å². The first-order chi connectivity index (χ1) is 12.3. The number of hydrogen-bond acceptors (Lipinski definition) is 2. The zero-order chi connectivity index (χ0) is 17.9. The molecule has 0 saturated heterocycles. The summed E-state index contributed by atoms with van der Waals surface area (Å²) in [5.41, 5.74) is 3.63. The summed E-state index contributed by atoms with van der Waals surface area (Å²) < 4.78 is 0. The van der Waals surface area contributed by atoms with Crippen LogP contribution in [0.15, 0.2) is 23.3 Å². The molecule has 4 saturated carbocycles. The van der Waals surface area contributed by atoms with Crippen LogP contribution in [0.5, 0.6) is 0 Å². The molecule has 0 aromatic carbocycles. The lowest BCUT2D eigenvalue weighted by Crippen LogP contribution is -2.53. The lowest BCUT2D eigenvalue weighted by molar-refractivity contribution is -0.130. The van der Waals surface area contributed by atoms with Gasteiger partial charge in [-0.1, -0.05) is 31.1 Å². The zero-order valence-electron chi connectivity index (χ0n) is 16.2. The lowest BCUT2D eigenvalue weighted by Gasteiger charge is -2.59. The number of Topliss-reactive ketones (excluding diaryl/α,β-unsaturated/α-hetero) is 1. The minimum absolute atomic E-state index is 0.119. The van der Waals surface area contributed by atoms with E-state index < -0.39 is 0 Å². The number of ketones is 2. The molecule has 2 heteroatoms. The van der Waals surface area contributed by atoms with Crippen LogP contribution in [0, 0.1) is 33.5 Å². The average molecular weight is 351 g/mol. The van der Waals surface area contributed by atoms with Gasteiger partial charge in [0, 0.05) is 12.8 Å². The van der Waals surface area contributed by atoms with Crippen molar-refractivity contribution in [2.75, 3.05) is 0 Å². The predicted molar refractivity (Wildman–Crippen MR) is 100 cm³/mol. The van der Waals surface area contributed by atoms with E-state index in [0.717, 1.165) is 38.5 Å². The summed E-state index contributed by atoms with van der Waals surface area (Å²) in [6, 6.07) is 0. The van der Waals surface area contributed by atoms with E-state index in [0.29, 0.717) is 28.8 Å². The average Bonchev–Trinajstić information content (AvgIpc) is 3.25. The number of carbonyl (C=O) groups is 2. The minimum Gasteiger partial charge on any atom is -0.299 e. The number of fused-ring (bicyclic) bond motifs is 5. The minimum atomic E-state index is -0.119. The third-order valence-corrected chi connectivity index (χ3v) is 10.1. The molecule has 26 heavy (non-hydrogen) atoms. The van der Waals surface area contributed by atoms with Gasteiger partial charge in [0.15, 0.2) is 5.78 Å². The first-order valence-corrected chi connectivity index (χ1v) is 10.8. The molecule has 0 radical (unpaired) electrons. The molecule has 2 spiro atoms. The third-order valence-electron chi connectivity index (χ3n) is 10.1. The largest absolute Gasteiger partial charge is 0.299 e. The SMILES string of the molecule is CC12CCC(=O)C=C1C1(CC1)CC1C3=CC[C@@]4(C)CCC(=O)[C@@]34CCC12. The first-order valence-electron chi connectivity index (χ1n) is 10.8. The Morgan fingerprint density at radius 1 is 1.00 bits per heavy atom. The van der Waals surface area contributed by atoms with E-state index in [-0.39, 0.29) is 16.2 Å². The van der Waals surface area contributed by atoms with Crippen molar-refractivity contribution in [1.82, 2.24) is 0 Å². The highest BCUT2D eigenvalue weighted by molar-refractivity contribution is 5.93. The predicted octanol–water partition coefficient (Wildman–Crippen LogP) is 5.18. The first kappa shape index (κ1) is 15.8. The summed E-state index contributed by atoms with van der Waals surface area (Å²) in [7, 11) is 0. The topological polar surface area (TPSA) is 34.1 Å². The molecular formula is C24H30O2. The van der Waals surface area contributed by atoms with E-state index in [4.69, 9.17) is 0 Å². The maximum Gasteiger partial charge on any atom is 0.155 e. The Morgan fingerprint density at radius 2 is 1.81 bits per heavy atom. The molecule has 0 bridgehead atoms. The normalized spacial score (nSPS) is 50.5. The second kappa shape index (κ2) is 4.45. The monoisotopic (exact) mass is 350 g/mol. The maximum absolute atomic E-state index is 13.2. The van der Waals surface area contributed by atoms with Crippen molar-refractivity contribution in [3.8, 4) is 0 Å². The molecule has 2 nitrogen and oxygen atoms in total. The highest BCUT2D eigenvalue weighted by Crippen LogP contribution is 2.76. The Morgan fingerprint density at radius 3 is 2.58 bits per heavy atom. The fourth-order valence-corrected chi connectivity index (χ4v) is 8.52. The van der Waals surface area contributed by atoms with Gasteiger partial charge in [-0.15, -0.1) is 0 Å². The molecule has 6 aliphatic rings. The Bertz CT molecular complexity index is 812. The molecular weight excluding hydrogens is 320 g/mol. The van der Waals surface area contributed by atoms with Crippen LogP contribution in [0.3, 0.4) is 0 Å². The van der Waals surface area contributed by atoms with Gasteiger partial charge >= 0.3 is 0 Å².